The van der Waals surface area contributed by atoms with Crippen LogP contribution < -0.4 is 0 Å². The third-order valence-corrected chi connectivity index (χ3v) is 3.47. The summed E-state index contributed by atoms with van der Waals surface area (Å²) < 4.78 is 5.53. The molecule has 1 aromatic rings. The molecule has 1 rings (SSSR count). The van der Waals surface area contributed by atoms with Crippen LogP contribution in [0.1, 0.15) is 66.3 Å². The molecule has 0 aliphatic heterocycles. The molecule has 116 valence electrons. The molecule has 0 aliphatic rings. The molecule has 0 aliphatic carbocycles. The largest absolute Gasteiger partial charge is 0.478 e. The number of esters is 1. The van der Waals surface area contributed by atoms with Crippen molar-refractivity contribution in [3.63, 3.8) is 0 Å². The van der Waals surface area contributed by atoms with E-state index in [1.165, 1.54) is 12.1 Å². The maximum absolute atomic E-state index is 12.3. The van der Waals surface area contributed by atoms with E-state index in [1.54, 1.807) is 13.0 Å². The van der Waals surface area contributed by atoms with E-state index in [4.69, 9.17) is 4.74 Å². The Morgan fingerprint density at radius 1 is 1.24 bits per heavy atom. The van der Waals surface area contributed by atoms with E-state index in [9.17, 15) is 14.7 Å². The Morgan fingerprint density at radius 2 is 1.90 bits per heavy atom. The average molecular weight is 292 g/mol. The number of carboxylic acids is 1. The summed E-state index contributed by atoms with van der Waals surface area (Å²) in [5.41, 5.74) is 0.920. The van der Waals surface area contributed by atoms with Crippen molar-refractivity contribution in [3.8, 4) is 0 Å². The summed E-state index contributed by atoms with van der Waals surface area (Å²) in [5, 5.41) is 9.22. The summed E-state index contributed by atoms with van der Waals surface area (Å²) in [6.45, 7) is 7.88. The number of carbonyl (C=O) groups is 2. The first-order chi connectivity index (χ1) is 9.86. The summed E-state index contributed by atoms with van der Waals surface area (Å²) in [5.74, 6) is -1.46. The highest BCUT2D eigenvalue weighted by Crippen LogP contribution is 2.19. The number of unbranched alkanes of at least 4 members (excludes halogenated alkanes) is 1. The fourth-order valence-corrected chi connectivity index (χ4v) is 2.15. The highest BCUT2D eigenvalue weighted by Gasteiger charge is 2.23. The molecular weight excluding hydrogens is 268 g/mol. The molecule has 0 heterocycles. The molecule has 0 saturated heterocycles. The molecule has 0 spiro atoms. The van der Waals surface area contributed by atoms with Gasteiger partial charge in [0.05, 0.1) is 11.1 Å². The summed E-state index contributed by atoms with van der Waals surface area (Å²) in [6.07, 6.45) is 2.63. The van der Waals surface area contributed by atoms with Gasteiger partial charge in [0.1, 0.15) is 6.10 Å². The zero-order chi connectivity index (χ0) is 16.0. The van der Waals surface area contributed by atoms with E-state index < -0.39 is 11.9 Å². The van der Waals surface area contributed by atoms with E-state index in [2.05, 4.69) is 6.92 Å². The first-order valence-electron chi connectivity index (χ1n) is 7.41. The first kappa shape index (κ1) is 17.2. The van der Waals surface area contributed by atoms with Gasteiger partial charge in [-0.2, -0.15) is 0 Å². The van der Waals surface area contributed by atoms with Crippen LogP contribution in [0.3, 0.4) is 0 Å². The number of rotatable bonds is 7. The molecule has 0 saturated carbocycles. The fraction of sp³-hybridized carbons (Fsp3) is 0.529. The van der Waals surface area contributed by atoms with Gasteiger partial charge in [0, 0.05) is 0 Å². The third kappa shape index (κ3) is 4.88. The lowest BCUT2D eigenvalue weighted by Gasteiger charge is -2.21. The second kappa shape index (κ2) is 7.81. The van der Waals surface area contributed by atoms with Crippen LogP contribution in [0, 0.1) is 12.8 Å². The van der Waals surface area contributed by atoms with E-state index in [-0.39, 0.29) is 23.1 Å². The smallest absolute Gasteiger partial charge is 0.339 e. The zero-order valence-electron chi connectivity index (χ0n) is 13.2. The van der Waals surface area contributed by atoms with Gasteiger partial charge in [-0.25, -0.2) is 9.59 Å². The van der Waals surface area contributed by atoms with Crippen LogP contribution in [0.25, 0.3) is 0 Å². The standard InChI is InChI=1S/C17H24O4/c1-5-6-7-15(11(2)3)21-17(20)13-9-8-12(4)10-14(13)16(18)19/h8-11,15H,5-7H2,1-4H3,(H,18,19). The number of hydrogen-bond acceptors (Lipinski definition) is 3. The summed E-state index contributed by atoms with van der Waals surface area (Å²) >= 11 is 0. The quantitative estimate of drug-likeness (QED) is 0.770. The molecular formula is C17H24O4. The van der Waals surface area contributed by atoms with Crippen molar-refractivity contribution >= 4 is 11.9 Å². The van der Waals surface area contributed by atoms with E-state index >= 15 is 0 Å². The average Bonchev–Trinajstić information content (AvgIpc) is 2.42. The lowest BCUT2D eigenvalue weighted by Crippen LogP contribution is -2.25. The van der Waals surface area contributed by atoms with Gasteiger partial charge in [-0.05, 0) is 31.4 Å². The van der Waals surface area contributed by atoms with Crippen molar-refractivity contribution in [1.82, 2.24) is 0 Å². The molecule has 4 heteroatoms. The normalized spacial score (nSPS) is 12.2. The van der Waals surface area contributed by atoms with Crippen LogP contribution in [0.4, 0.5) is 0 Å². The number of aromatic carboxylic acids is 1. The van der Waals surface area contributed by atoms with Gasteiger partial charge in [0.2, 0.25) is 0 Å². The Balaban J connectivity index is 2.94. The molecule has 4 nitrogen and oxygen atoms in total. The number of aryl methyl sites for hydroxylation is 1. The van der Waals surface area contributed by atoms with Crippen LogP contribution in [-0.4, -0.2) is 23.1 Å². The van der Waals surface area contributed by atoms with Crippen molar-refractivity contribution in [2.75, 3.05) is 0 Å². The summed E-state index contributed by atoms with van der Waals surface area (Å²) in [6, 6.07) is 4.74. The lowest BCUT2D eigenvalue weighted by molar-refractivity contribution is 0.0149. The van der Waals surface area contributed by atoms with Crippen molar-refractivity contribution < 1.29 is 19.4 Å². The van der Waals surface area contributed by atoms with Crippen LogP contribution in [0.15, 0.2) is 18.2 Å². The zero-order valence-corrected chi connectivity index (χ0v) is 13.2. The minimum Gasteiger partial charge on any atom is -0.478 e. The highest BCUT2D eigenvalue weighted by atomic mass is 16.5. The lowest BCUT2D eigenvalue weighted by atomic mass is 10.0. The molecule has 1 unspecified atom stereocenters. The molecule has 0 fully saturated rings. The third-order valence-electron chi connectivity index (χ3n) is 3.47. The molecule has 1 aromatic carbocycles. The van der Waals surface area contributed by atoms with Crippen LogP contribution in [0.5, 0.6) is 0 Å². The maximum Gasteiger partial charge on any atom is 0.339 e. The van der Waals surface area contributed by atoms with Crippen molar-refractivity contribution in [1.29, 1.82) is 0 Å². The van der Waals surface area contributed by atoms with Crippen molar-refractivity contribution in [3.05, 3.63) is 34.9 Å². The fourth-order valence-electron chi connectivity index (χ4n) is 2.15. The van der Waals surface area contributed by atoms with Crippen LogP contribution in [0.2, 0.25) is 0 Å². The Kier molecular flexibility index (Phi) is 6.40. The Morgan fingerprint density at radius 3 is 2.43 bits per heavy atom. The van der Waals surface area contributed by atoms with Gasteiger partial charge in [0.15, 0.2) is 0 Å². The molecule has 0 amide bonds. The Bertz CT molecular complexity index is 506. The molecule has 0 aromatic heterocycles. The molecule has 21 heavy (non-hydrogen) atoms. The van der Waals surface area contributed by atoms with Gasteiger partial charge in [-0.1, -0.05) is 45.2 Å². The Hall–Kier alpha value is -1.84. The number of hydrogen-bond donors (Lipinski definition) is 1. The number of carbonyl (C=O) groups excluding carboxylic acids is 1. The molecule has 1 N–H and O–H groups in total. The highest BCUT2D eigenvalue weighted by molar-refractivity contribution is 6.02. The minimum atomic E-state index is -1.11. The van der Waals surface area contributed by atoms with Crippen molar-refractivity contribution in [2.24, 2.45) is 5.92 Å². The predicted octanol–water partition coefficient (Wildman–Crippen LogP) is 4.06. The van der Waals surface area contributed by atoms with Gasteiger partial charge in [-0.15, -0.1) is 0 Å². The second-order valence-corrected chi connectivity index (χ2v) is 5.68. The predicted molar refractivity (Wildman–Crippen MR) is 81.7 cm³/mol. The van der Waals surface area contributed by atoms with Gasteiger partial charge >= 0.3 is 11.9 Å². The number of ether oxygens (including phenoxy) is 1. The maximum atomic E-state index is 12.3. The van der Waals surface area contributed by atoms with Crippen LogP contribution in [-0.2, 0) is 4.74 Å². The van der Waals surface area contributed by atoms with Gasteiger partial charge in [-0.3, -0.25) is 0 Å². The monoisotopic (exact) mass is 292 g/mol. The SMILES string of the molecule is CCCCC(OC(=O)c1ccc(C)cc1C(=O)O)C(C)C. The number of benzene rings is 1. The summed E-state index contributed by atoms with van der Waals surface area (Å²) in [7, 11) is 0. The molecule has 0 radical (unpaired) electrons. The number of carboxylic acid groups (broad SMARTS) is 1. The Labute approximate surface area is 126 Å². The van der Waals surface area contributed by atoms with Gasteiger partial charge in [0.25, 0.3) is 0 Å². The summed E-state index contributed by atoms with van der Waals surface area (Å²) in [4.78, 5) is 23.5. The second-order valence-electron chi connectivity index (χ2n) is 5.68. The van der Waals surface area contributed by atoms with E-state index in [0.717, 1.165) is 24.8 Å². The topological polar surface area (TPSA) is 63.6 Å². The first-order valence-corrected chi connectivity index (χ1v) is 7.41. The minimum absolute atomic E-state index is 0.00185. The van der Waals surface area contributed by atoms with E-state index in [0.29, 0.717) is 0 Å². The molecule has 0 bridgehead atoms. The van der Waals surface area contributed by atoms with Crippen molar-refractivity contribution in [2.45, 2.75) is 53.1 Å². The van der Waals surface area contributed by atoms with Crippen LogP contribution >= 0.6 is 0 Å². The van der Waals surface area contributed by atoms with Gasteiger partial charge < -0.3 is 9.84 Å². The van der Waals surface area contributed by atoms with E-state index in [1.807, 2.05) is 13.8 Å². The molecule has 1 atom stereocenters.